The molecule has 0 atom stereocenters. The van der Waals surface area contributed by atoms with E-state index in [-0.39, 0.29) is 5.69 Å². The molecular formula is C15H16N4O2. The lowest BCUT2D eigenvalue weighted by molar-refractivity contribution is 0.103. The number of carbonyl (C=O) groups is 1. The Balaban J connectivity index is 2.42. The van der Waals surface area contributed by atoms with Gasteiger partial charge in [-0.15, -0.1) is 0 Å². The molecule has 0 N–H and O–H groups in total. The van der Waals surface area contributed by atoms with Crippen molar-refractivity contribution in [3.8, 4) is 5.69 Å². The molecule has 6 heteroatoms. The van der Waals surface area contributed by atoms with Crippen LogP contribution >= 0.6 is 0 Å². The summed E-state index contributed by atoms with van der Waals surface area (Å²) in [6, 6.07) is 4.91. The standard InChI is InChI=1S/C15H16N4O2/c1-11-10-12(4-7-16-11)19-9-6-14(21)15(17-19)13(20)5-8-18(2)3/h4-10H,1-3H3. The molecule has 0 aliphatic rings. The zero-order valence-corrected chi connectivity index (χ0v) is 12.1. The van der Waals surface area contributed by atoms with Crippen molar-refractivity contribution in [2.75, 3.05) is 14.1 Å². The molecule has 2 heterocycles. The second-order valence-corrected chi connectivity index (χ2v) is 4.77. The highest BCUT2D eigenvalue weighted by Gasteiger charge is 2.10. The van der Waals surface area contributed by atoms with Crippen molar-refractivity contribution in [2.45, 2.75) is 6.92 Å². The SMILES string of the molecule is Cc1cc(-n2ccc(=O)c(C(=O)C=CN(C)C)n2)ccn1. The molecular weight excluding hydrogens is 268 g/mol. The summed E-state index contributed by atoms with van der Waals surface area (Å²) in [5.74, 6) is -0.422. The molecule has 0 bridgehead atoms. The minimum absolute atomic E-state index is 0.106. The molecule has 0 radical (unpaired) electrons. The number of aromatic nitrogens is 3. The van der Waals surface area contributed by atoms with E-state index in [0.717, 1.165) is 11.4 Å². The van der Waals surface area contributed by atoms with Crippen LogP contribution in [-0.2, 0) is 0 Å². The highest BCUT2D eigenvalue weighted by molar-refractivity contribution is 6.02. The number of pyridine rings is 1. The molecule has 0 unspecified atom stereocenters. The van der Waals surface area contributed by atoms with E-state index in [2.05, 4.69) is 10.1 Å². The number of allylic oxidation sites excluding steroid dienone is 1. The van der Waals surface area contributed by atoms with Gasteiger partial charge < -0.3 is 4.90 Å². The van der Waals surface area contributed by atoms with Gasteiger partial charge in [0, 0.05) is 50.5 Å². The molecule has 0 saturated heterocycles. The van der Waals surface area contributed by atoms with Gasteiger partial charge in [0.2, 0.25) is 11.2 Å². The molecule has 0 aliphatic heterocycles. The molecule has 0 aromatic carbocycles. The Labute approximate surface area is 122 Å². The highest BCUT2D eigenvalue weighted by atomic mass is 16.1. The Morgan fingerprint density at radius 1 is 1.33 bits per heavy atom. The minimum atomic E-state index is -0.422. The summed E-state index contributed by atoms with van der Waals surface area (Å²) in [4.78, 5) is 29.6. The van der Waals surface area contributed by atoms with Gasteiger partial charge in [0.05, 0.1) is 5.69 Å². The molecule has 21 heavy (non-hydrogen) atoms. The van der Waals surface area contributed by atoms with E-state index in [4.69, 9.17) is 0 Å². The molecule has 0 spiro atoms. The van der Waals surface area contributed by atoms with Crippen molar-refractivity contribution < 1.29 is 4.79 Å². The number of aryl methyl sites for hydroxylation is 1. The fourth-order valence-electron chi connectivity index (χ4n) is 1.69. The van der Waals surface area contributed by atoms with Gasteiger partial charge in [0.25, 0.3) is 0 Å². The average molecular weight is 284 g/mol. The summed E-state index contributed by atoms with van der Waals surface area (Å²) in [6.07, 6.45) is 6.09. The summed E-state index contributed by atoms with van der Waals surface area (Å²) >= 11 is 0. The van der Waals surface area contributed by atoms with Crippen molar-refractivity contribution >= 4 is 5.78 Å². The van der Waals surface area contributed by atoms with Gasteiger partial charge in [-0.1, -0.05) is 0 Å². The molecule has 0 saturated carbocycles. The topological polar surface area (TPSA) is 68.1 Å². The fraction of sp³-hybridized carbons (Fsp3) is 0.200. The largest absolute Gasteiger partial charge is 0.383 e. The van der Waals surface area contributed by atoms with Crippen LogP contribution in [0, 0.1) is 6.92 Å². The van der Waals surface area contributed by atoms with Crippen molar-refractivity contribution in [3.05, 3.63) is 64.5 Å². The summed E-state index contributed by atoms with van der Waals surface area (Å²) in [6.45, 7) is 1.86. The Bertz CT molecular complexity index is 747. The van der Waals surface area contributed by atoms with E-state index < -0.39 is 11.2 Å². The van der Waals surface area contributed by atoms with E-state index >= 15 is 0 Å². The summed E-state index contributed by atoms with van der Waals surface area (Å²) in [5, 5.41) is 4.12. The van der Waals surface area contributed by atoms with Crippen LogP contribution in [0.4, 0.5) is 0 Å². The number of hydrogen-bond donors (Lipinski definition) is 0. The normalized spacial score (nSPS) is 10.8. The van der Waals surface area contributed by atoms with Crippen LogP contribution in [0.2, 0.25) is 0 Å². The second-order valence-electron chi connectivity index (χ2n) is 4.77. The van der Waals surface area contributed by atoms with Crippen LogP contribution in [0.3, 0.4) is 0 Å². The van der Waals surface area contributed by atoms with Gasteiger partial charge in [0.1, 0.15) is 0 Å². The van der Waals surface area contributed by atoms with Crippen molar-refractivity contribution in [2.24, 2.45) is 0 Å². The van der Waals surface area contributed by atoms with Crippen molar-refractivity contribution in [1.82, 2.24) is 19.7 Å². The van der Waals surface area contributed by atoms with Crippen LogP contribution in [0.15, 0.2) is 47.7 Å². The summed E-state index contributed by atoms with van der Waals surface area (Å²) in [5.41, 5.74) is 1.07. The minimum Gasteiger partial charge on any atom is -0.383 e. The maximum atomic E-state index is 12.0. The van der Waals surface area contributed by atoms with Gasteiger partial charge in [-0.2, -0.15) is 5.10 Å². The zero-order valence-electron chi connectivity index (χ0n) is 12.1. The molecule has 2 aromatic rings. The van der Waals surface area contributed by atoms with E-state index in [1.807, 2.05) is 13.0 Å². The van der Waals surface area contributed by atoms with Crippen LogP contribution in [-0.4, -0.2) is 39.5 Å². The third kappa shape index (κ3) is 3.62. The molecule has 2 aromatic heterocycles. The lowest BCUT2D eigenvalue weighted by Crippen LogP contribution is -2.20. The van der Waals surface area contributed by atoms with Gasteiger partial charge in [0.15, 0.2) is 5.69 Å². The first-order valence-electron chi connectivity index (χ1n) is 6.39. The Hall–Kier alpha value is -2.76. The highest BCUT2D eigenvalue weighted by Crippen LogP contribution is 2.06. The van der Waals surface area contributed by atoms with Crippen LogP contribution in [0.25, 0.3) is 5.69 Å². The quantitative estimate of drug-likeness (QED) is 0.623. The third-order valence-corrected chi connectivity index (χ3v) is 2.71. The second kappa shape index (κ2) is 6.13. The van der Waals surface area contributed by atoms with E-state index in [1.165, 1.54) is 23.0 Å². The van der Waals surface area contributed by atoms with Gasteiger partial charge in [-0.05, 0) is 19.1 Å². The zero-order chi connectivity index (χ0) is 15.4. The number of carbonyl (C=O) groups excluding carboxylic acids is 1. The van der Waals surface area contributed by atoms with Crippen molar-refractivity contribution in [3.63, 3.8) is 0 Å². The smallest absolute Gasteiger partial charge is 0.211 e. The number of nitrogens with zero attached hydrogens (tertiary/aromatic N) is 4. The first-order chi connectivity index (χ1) is 9.97. The fourth-order valence-corrected chi connectivity index (χ4v) is 1.69. The molecule has 2 rings (SSSR count). The molecule has 6 nitrogen and oxygen atoms in total. The first-order valence-corrected chi connectivity index (χ1v) is 6.39. The van der Waals surface area contributed by atoms with Gasteiger partial charge in [-0.25, -0.2) is 4.68 Å². The summed E-state index contributed by atoms with van der Waals surface area (Å²) < 4.78 is 1.49. The van der Waals surface area contributed by atoms with Crippen LogP contribution in [0.1, 0.15) is 16.2 Å². The molecule has 0 fully saturated rings. The van der Waals surface area contributed by atoms with Crippen molar-refractivity contribution in [1.29, 1.82) is 0 Å². The average Bonchev–Trinajstić information content (AvgIpc) is 2.45. The van der Waals surface area contributed by atoms with E-state index in [1.54, 1.807) is 37.5 Å². The predicted molar refractivity (Wildman–Crippen MR) is 79.5 cm³/mol. The maximum absolute atomic E-state index is 12.0. The maximum Gasteiger partial charge on any atom is 0.211 e. The number of ketones is 1. The molecule has 0 amide bonds. The Kier molecular flexibility index (Phi) is 4.27. The number of hydrogen-bond acceptors (Lipinski definition) is 5. The third-order valence-electron chi connectivity index (χ3n) is 2.71. The van der Waals surface area contributed by atoms with E-state index in [9.17, 15) is 9.59 Å². The van der Waals surface area contributed by atoms with E-state index in [0.29, 0.717) is 0 Å². The van der Waals surface area contributed by atoms with Gasteiger partial charge >= 0.3 is 0 Å². The Morgan fingerprint density at radius 3 is 2.76 bits per heavy atom. The predicted octanol–water partition coefficient (Wildman–Crippen LogP) is 1.19. The lowest BCUT2D eigenvalue weighted by atomic mass is 10.2. The van der Waals surface area contributed by atoms with Crippen LogP contribution < -0.4 is 5.43 Å². The van der Waals surface area contributed by atoms with Gasteiger partial charge in [-0.3, -0.25) is 14.6 Å². The van der Waals surface area contributed by atoms with Crippen LogP contribution in [0.5, 0.6) is 0 Å². The monoisotopic (exact) mass is 284 g/mol. The molecule has 0 aliphatic carbocycles. The first kappa shape index (κ1) is 14.6. The number of rotatable bonds is 4. The lowest BCUT2D eigenvalue weighted by Gasteiger charge is -2.07. The Morgan fingerprint density at radius 2 is 2.10 bits per heavy atom. The molecule has 108 valence electrons. The summed E-state index contributed by atoms with van der Waals surface area (Å²) in [7, 11) is 3.58.